The highest BCUT2D eigenvalue weighted by atomic mass is 79.9. The smallest absolute Gasteiger partial charge is 0.295 e. The second-order valence-corrected chi connectivity index (χ2v) is 8.22. The van der Waals surface area contributed by atoms with Crippen molar-refractivity contribution in [1.82, 2.24) is 4.90 Å². The van der Waals surface area contributed by atoms with Crippen molar-refractivity contribution in [3.8, 4) is 0 Å². The van der Waals surface area contributed by atoms with Gasteiger partial charge in [0.1, 0.15) is 5.76 Å². The number of aliphatic hydroxyl groups is 2. The van der Waals surface area contributed by atoms with E-state index >= 15 is 0 Å². The number of rotatable bonds is 7. The number of likely N-dealkylation sites (tertiary alicyclic amines) is 1. The minimum atomic E-state index is -0.736. The van der Waals surface area contributed by atoms with Crippen LogP contribution >= 0.6 is 31.9 Å². The number of carbonyl (C=O) groups excluding carboxylic acids is 2. The van der Waals surface area contributed by atoms with Crippen LogP contribution in [0.4, 0.5) is 0 Å². The predicted octanol–water partition coefficient (Wildman–Crippen LogP) is 3.64. The number of carbonyl (C=O) groups is 2. The lowest BCUT2D eigenvalue weighted by molar-refractivity contribution is -0.140. The highest BCUT2D eigenvalue weighted by molar-refractivity contribution is 9.10. The van der Waals surface area contributed by atoms with Crippen molar-refractivity contribution in [3.63, 3.8) is 0 Å². The third-order valence-electron chi connectivity index (χ3n) is 4.56. The molecule has 2 aromatic carbocycles. The highest BCUT2D eigenvalue weighted by Crippen LogP contribution is 2.39. The molecule has 0 saturated carbocycles. The maximum atomic E-state index is 12.8. The van der Waals surface area contributed by atoms with Gasteiger partial charge in [0, 0.05) is 21.1 Å². The van der Waals surface area contributed by atoms with Crippen molar-refractivity contribution in [1.29, 1.82) is 0 Å². The van der Waals surface area contributed by atoms with Gasteiger partial charge in [-0.3, -0.25) is 9.59 Å². The summed E-state index contributed by atoms with van der Waals surface area (Å²) in [4.78, 5) is 27.0. The molecule has 1 fully saturated rings. The lowest BCUT2D eigenvalue weighted by Gasteiger charge is -2.25. The quantitative estimate of drug-likeness (QED) is 0.250. The lowest BCUT2D eigenvalue weighted by Crippen LogP contribution is -2.33. The van der Waals surface area contributed by atoms with Gasteiger partial charge >= 0.3 is 0 Å². The number of hydrogen-bond donors (Lipinski definition) is 2. The molecule has 6 nitrogen and oxygen atoms in total. The standard InChI is InChI=1S/C21H19Br2NO5/c22-15-5-1-13(2-6-15)18-17(19(26)14-3-7-16(23)8-4-14)20(27)21(28)24(18)9-11-29-12-10-25/h1-8,18,25-26H,9-12H2. The fourth-order valence-corrected chi connectivity index (χ4v) is 3.72. The van der Waals surface area contributed by atoms with Gasteiger partial charge in [0.05, 0.1) is 31.4 Å². The molecular formula is C21H19Br2NO5. The molecule has 0 aliphatic carbocycles. The van der Waals surface area contributed by atoms with Crippen LogP contribution in [-0.2, 0) is 14.3 Å². The molecule has 1 aliphatic heterocycles. The third kappa shape index (κ3) is 4.78. The second-order valence-electron chi connectivity index (χ2n) is 6.39. The third-order valence-corrected chi connectivity index (χ3v) is 5.61. The topological polar surface area (TPSA) is 87.1 Å². The van der Waals surface area contributed by atoms with Gasteiger partial charge < -0.3 is 19.8 Å². The lowest BCUT2D eigenvalue weighted by atomic mass is 9.95. The zero-order chi connectivity index (χ0) is 21.0. The maximum absolute atomic E-state index is 12.8. The van der Waals surface area contributed by atoms with Crippen molar-refractivity contribution < 1.29 is 24.5 Å². The van der Waals surface area contributed by atoms with Crippen LogP contribution in [0.2, 0.25) is 0 Å². The number of halogens is 2. The number of ketones is 1. The molecule has 8 heteroatoms. The van der Waals surface area contributed by atoms with Gasteiger partial charge in [-0.1, -0.05) is 56.1 Å². The Morgan fingerprint density at radius 2 is 1.55 bits per heavy atom. The van der Waals surface area contributed by atoms with Crippen LogP contribution in [0.25, 0.3) is 5.76 Å². The van der Waals surface area contributed by atoms with E-state index in [2.05, 4.69) is 31.9 Å². The Kier molecular flexibility index (Phi) is 7.23. The molecule has 1 atom stereocenters. The summed E-state index contributed by atoms with van der Waals surface area (Å²) in [6.45, 7) is 0.339. The molecule has 1 amide bonds. The van der Waals surface area contributed by atoms with Crippen LogP contribution in [0.1, 0.15) is 17.2 Å². The van der Waals surface area contributed by atoms with Crippen LogP contribution in [-0.4, -0.2) is 53.2 Å². The number of nitrogens with zero attached hydrogens (tertiary/aromatic N) is 1. The molecule has 1 heterocycles. The number of Topliss-reactive ketones (excluding diaryl/α,β-unsaturated/α-hetero) is 1. The average molecular weight is 525 g/mol. The monoisotopic (exact) mass is 523 g/mol. The van der Waals surface area contributed by atoms with Crippen LogP contribution in [0.15, 0.2) is 63.0 Å². The largest absolute Gasteiger partial charge is 0.507 e. The predicted molar refractivity (Wildman–Crippen MR) is 115 cm³/mol. The van der Waals surface area contributed by atoms with E-state index in [9.17, 15) is 14.7 Å². The minimum Gasteiger partial charge on any atom is -0.507 e. The Labute approximate surface area is 185 Å². The summed E-state index contributed by atoms with van der Waals surface area (Å²) in [6.07, 6.45) is 0. The maximum Gasteiger partial charge on any atom is 0.295 e. The molecule has 1 aliphatic rings. The molecule has 2 aromatic rings. The van der Waals surface area contributed by atoms with Gasteiger partial charge in [0.15, 0.2) is 0 Å². The molecule has 152 valence electrons. The van der Waals surface area contributed by atoms with Crippen LogP contribution in [0, 0.1) is 0 Å². The summed E-state index contributed by atoms with van der Waals surface area (Å²) < 4.78 is 6.97. The van der Waals surface area contributed by atoms with E-state index in [1.54, 1.807) is 36.4 Å². The number of aliphatic hydroxyl groups excluding tert-OH is 2. The molecule has 0 bridgehead atoms. The number of ether oxygens (including phenoxy) is 1. The van der Waals surface area contributed by atoms with Crippen LogP contribution in [0.3, 0.4) is 0 Å². The van der Waals surface area contributed by atoms with E-state index in [0.29, 0.717) is 11.1 Å². The molecule has 2 N–H and O–H groups in total. The summed E-state index contributed by atoms with van der Waals surface area (Å²) in [5.74, 6) is -1.65. The summed E-state index contributed by atoms with van der Waals surface area (Å²) >= 11 is 6.73. The fourth-order valence-electron chi connectivity index (χ4n) is 3.20. The Morgan fingerprint density at radius 1 is 0.966 bits per heavy atom. The van der Waals surface area contributed by atoms with Crippen molar-refractivity contribution in [3.05, 3.63) is 74.2 Å². The van der Waals surface area contributed by atoms with E-state index in [4.69, 9.17) is 9.84 Å². The van der Waals surface area contributed by atoms with Gasteiger partial charge in [0.25, 0.3) is 11.7 Å². The van der Waals surface area contributed by atoms with Gasteiger partial charge in [-0.25, -0.2) is 0 Å². The minimum absolute atomic E-state index is 0.0433. The first kappa shape index (κ1) is 21.7. The van der Waals surface area contributed by atoms with Crippen molar-refractivity contribution >= 4 is 49.3 Å². The zero-order valence-electron chi connectivity index (χ0n) is 15.3. The molecule has 3 rings (SSSR count). The molecule has 0 spiro atoms. The molecule has 29 heavy (non-hydrogen) atoms. The van der Waals surface area contributed by atoms with Crippen LogP contribution in [0.5, 0.6) is 0 Å². The zero-order valence-corrected chi connectivity index (χ0v) is 18.5. The SMILES string of the molecule is O=C1C(=O)N(CCOCCO)C(c2ccc(Br)cc2)C1=C(O)c1ccc(Br)cc1. The second kappa shape index (κ2) is 9.67. The Morgan fingerprint density at radius 3 is 2.14 bits per heavy atom. The molecule has 1 saturated heterocycles. The Hall–Kier alpha value is -2.00. The van der Waals surface area contributed by atoms with Crippen molar-refractivity contribution in [2.75, 3.05) is 26.4 Å². The van der Waals surface area contributed by atoms with E-state index in [0.717, 1.165) is 8.95 Å². The number of hydrogen-bond acceptors (Lipinski definition) is 5. The van der Waals surface area contributed by atoms with Gasteiger partial charge in [-0.05, 0) is 29.8 Å². The highest BCUT2D eigenvalue weighted by Gasteiger charge is 2.45. The molecule has 0 aromatic heterocycles. The van der Waals surface area contributed by atoms with Crippen molar-refractivity contribution in [2.45, 2.75) is 6.04 Å². The van der Waals surface area contributed by atoms with E-state index in [1.807, 2.05) is 12.1 Å². The first-order chi connectivity index (χ1) is 13.9. The number of amides is 1. The Bertz CT molecular complexity index is 925. The summed E-state index contributed by atoms with van der Waals surface area (Å²) in [5.41, 5.74) is 1.19. The molecular weight excluding hydrogens is 506 g/mol. The van der Waals surface area contributed by atoms with Gasteiger partial charge in [-0.15, -0.1) is 0 Å². The van der Waals surface area contributed by atoms with E-state index in [-0.39, 0.29) is 37.7 Å². The fraction of sp³-hybridized carbons (Fsp3) is 0.238. The van der Waals surface area contributed by atoms with Crippen LogP contribution < -0.4 is 0 Å². The average Bonchev–Trinajstić information content (AvgIpc) is 2.96. The van der Waals surface area contributed by atoms with E-state index in [1.165, 1.54) is 4.90 Å². The van der Waals surface area contributed by atoms with E-state index < -0.39 is 17.7 Å². The van der Waals surface area contributed by atoms with Crippen molar-refractivity contribution in [2.24, 2.45) is 0 Å². The normalized spacial score (nSPS) is 18.4. The number of benzene rings is 2. The summed E-state index contributed by atoms with van der Waals surface area (Å²) in [7, 11) is 0. The Balaban J connectivity index is 2.05. The molecule has 0 radical (unpaired) electrons. The van der Waals surface area contributed by atoms with Gasteiger partial charge in [0.2, 0.25) is 0 Å². The molecule has 1 unspecified atom stereocenters. The first-order valence-electron chi connectivity index (χ1n) is 8.92. The first-order valence-corrected chi connectivity index (χ1v) is 10.5. The van der Waals surface area contributed by atoms with Gasteiger partial charge in [-0.2, -0.15) is 0 Å². The summed E-state index contributed by atoms with van der Waals surface area (Å²) in [5, 5.41) is 19.8. The summed E-state index contributed by atoms with van der Waals surface area (Å²) in [6, 6.07) is 13.4.